The molecule has 276 valence electrons. The van der Waals surface area contributed by atoms with Gasteiger partial charge in [0.2, 0.25) is 0 Å². The van der Waals surface area contributed by atoms with Crippen LogP contribution < -0.4 is 0 Å². The second kappa shape index (κ2) is 14.3. The average Bonchev–Trinajstić information content (AvgIpc) is 4.25. The third-order valence-corrected chi connectivity index (χ3v) is 11.9. The van der Waals surface area contributed by atoms with Crippen LogP contribution >= 0.6 is 0 Å². The van der Waals surface area contributed by atoms with Crippen LogP contribution in [0.15, 0.2) is 243 Å². The zero-order valence-electron chi connectivity index (χ0n) is 31.5. The minimum Gasteiger partial charge on any atom is -0.352 e. The first-order valence-corrected chi connectivity index (χ1v) is 19.7. The molecule has 8 aromatic rings. The van der Waals surface area contributed by atoms with E-state index in [0.717, 1.165) is 44.5 Å². The van der Waals surface area contributed by atoms with Crippen molar-refractivity contribution in [3.8, 4) is 0 Å². The zero-order valence-corrected chi connectivity index (χ0v) is 31.5. The summed E-state index contributed by atoms with van der Waals surface area (Å²) in [5.41, 5.74) is 3.43. The molecule has 3 heteroatoms. The molecule has 0 aliphatic carbocycles. The molecule has 3 nitrogen and oxygen atoms in total. The molecule has 2 saturated heterocycles. The summed E-state index contributed by atoms with van der Waals surface area (Å²) in [4.78, 5) is 0. The van der Waals surface area contributed by atoms with Crippen LogP contribution in [0.1, 0.15) is 56.7 Å². The van der Waals surface area contributed by atoms with Gasteiger partial charge in [-0.05, 0) is 44.5 Å². The Balaban J connectivity index is 1.38. The Kier molecular flexibility index (Phi) is 8.80. The van der Waals surface area contributed by atoms with E-state index in [0.29, 0.717) is 0 Å². The van der Waals surface area contributed by atoms with Crippen LogP contribution in [0.3, 0.4) is 0 Å². The van der Waals surface area contributed by atoms with Gasteiger partial charge in [-0.1, -0.05) is 243 Å². The number of hydrogen-bond acceptors (Lipinski definition) is 3. The molecule has 10 rings (SSSR count). The molecule has 2 aliphatic heterocycles. The highest BCUT2D eigenvalue weighted by molar-refractivity contribution is 5.56. The Morgan fingerprint density at radius 1 is 0.298 bits per heavy atom. The van der Waals surface area contributed by atoms with E-state index < -0.39 is 22.4 Å². The first kappa shape index (κ1) is 35.1. The Morgan fingerprint density at radius 2 is 0.526 bits per heavy atom. The summed E-state index contributed by atoms with van der Waals surface area (Å²) in [5, 5.41) is 0. The summed E-state index contributed by atoms with van der Waals surface area (Å²) in [5.74, 6) is 0. The molecule has 0 aromatic heterocycles. The number of rotatable bonds is 12. The molecule has 0 spiro atoms. The molecule has 2 aliphatic rings. The van der Waals surface area contributed by atoms with Gasteiger partial charge >= 0.3 is 0 Å². The molecule has 0 amide bonds. The van der Waals surface area contributed by atoms with Gasteiger partial charge in [0, 0.05) is 0 Å². The summed E-state index contributed by atoms with van der Waals surface area (Å²) in [6.07, 6.45) is -0.716. The van der Waals surface area contributed by atoms with E-state index in [-0.39, 0.29) is 12.2 Å². The molecule has 0 radical (unpaired) electrons. The van der Waals surface area contributed by atoms with Gasteiger partial charge in [-0.2, -0.15) is 0 Å². The highest BCUT2D eigenvalue weighted by Crippen LogP contribution is 2.75. The Morgan fingerprint density at radius 3 is 0.789 bits per heavy atom. The fraction of sp³-hybridized carbons (Fsp3) is 0.111. The van der Waals surface area contributed by atoms with E-state index in [9.17, 15) is 0 Å². The molecule has 57 heavy (non-hydrogen) atoms. The van der Waals surface area contributed by atoms with E-state index in [1.807, 2.05) is 0 Å². The van der Waals surface area contributed by atoms with Gasteiger partial charge in [0.05, 0.1) is 0 Å². The lowest BCUT2D eigenvalue weighted by Gasteiger charge is -2.51. The van der Waals surface area contributed by atoms with Gasteiger partial charge in [-0.15, -0.1) is 0 Å². The van der Waals surface area contributed by atoms with Gasteiger partial charge in [-0.3, -0.25) is 0 Å². The molecule has 2 heterocycles. The van der Waals surface area contributed by atoms with Crippen LogP contribution in [0, 0.1) is 0 Å². The van der Waals surface area contributed by atoms with Gasteiger partial charge in [0.25, 0.3) is 0 Å². The van der Waals surface area contributed by atoms with Crippen LogP contribution in [0.2, 0.25) is 0 Å². The lowest BCUT2D eigenvalue weighted by molar-refractivity contribution is -0.194. The molecular weight excluding hydrogens is 697 g/mol. The topological polar surface area (TPSA) is 34.3 Å². The van der Waals surface area contributed by atoms with Crippen LogP contribution in [-0.2, 0) is 36.6 Å². The fourth-order valence-corrected chi connectivity index (χ4v) is 9.42. The summed E-state index contributed by atoms with van der Waals surface area (Å²) in [6, 6.07) is 85.1. The van der Waals surface area contributed by atoms with Gasteiger partial charge in [-0.25, -0.2) is 0 Å². The molecule has 2 fully saturated rings. The first-order chi connectivity index (χ1) is 28.2. The van der Waals surface area contributed by atoms with E-state index >= 15 is 0 Å². The highest BCUT2D eigenvalue weighted by atomic mass is 16.7. The van der Waals surface area contributed by atoms with E-state index in [2.05, 4.69) is 243 Å². The van der Waals surface area contributed by atoms with Crippen molar-refractivity contribution in [2.45, 2.75) is 34.6 Å². The second-order valence-corrected chi connectivity index (χ2v) is 14.9. The second-order valence-electron chi connectivity index (χ2n) is 14.9. The Bertz CT molecular complexity index is 2270. The molecule has 4 unspecified atom stereocenters. The first-order valence-electron chi connectivity index (χ1n) is 19.7. The predicted molar refractivity (Wildman–Crippen MR) is 225 cm³/mol. The predicted octanol–water partition coefficient (Wildman–Crippen LogP) is 12.2. The molecule has 0 bridgehead atoms. The van der Waals surface area contributed by atoms with Gasteiger partial charge in [0.15, 0.2) is 22.4 Å². The monoisotopic (exact) mass is 738 g/mol. The van der Waals surface area contributed by atoms with E-state index in [4.69, 9.17) is 14.2 Å². The third-order valence-electron chi connectivity index (χ3n) is 11.9. The molecule has 8 aromatic carbocycles. The van der Waals surface area contributed by atoms with Gasteiger partial charge < -0.3 is 14.2 Å². The van der Waals surface area contributed by atoms with Crippen molar-refractivity contribution in [2.75, 3.05) is 0 Å². The standard InChI is InChI=1S/C54H42O3/c1-9-25-41(26-10-1)49-53(55-49,47-37-21-7-22-38-47)51(43-29-13-3-14-30-43,44-31-15-4-16-32-44)57-52(45-33-17-5-18-34-45,46-35-19-6-20-36-46)54(48-39-23-8-24-40-48)50(56-54)42-27-11-2-12-28-42/h1-40,49-50H. The lowest BCUT2D eigenvalue weighted by Crippen LogP contribution is -2.55. The van der Waals surface area contributed by atoms with Crippen LogP contribution in [0.25, 0.3) is 0 Å². The van der Waals surface area contributed by atoms with Crippen LogP contribution in [-0.4, -0.2) is 0 Å². The third kappa shape index (κ3) is 5.46. The highest BCUT2D eigenvalue weighted by Gasteiger charge is 2.79. The van der Waals surface area contributed by atoms with Crippen molar-refractivity contribution in [1.29, 1.82) is 0 Å². The smallest absolute Gasteiger partial charge is 0.162 e. The van der Waals surface area contributed by atoms with Crippen LogP contribution in [0.5, 0.6) is 0 Å². The lowest BCUT2D eigenvalue weighted by atomic mass is 9.65. The number of epoxide rings is 2. The molecule has 4 atom stereocenters. The molecule has 0 saturated carbocycles. The van der Waals surface area contributed by atoms with Crippen molar-refractivity contribution in [3.63, 3.8) is 0 Å². The maximum Gasteiger partial charge on any atom is 0.162 e. The quantitative estimate of drug-likeness (QED) is 0.117. The average molecular weight is 739 g/mol. The number of ether oxygens (including phenoxy) is 3. The SMILES string of the molecule is c1ccc(C2OC2(c2ccccc2)C(OC(c2ccccc2)(c2ccccc2)C2(c3ccccc3)OC2c2ccccc2)(c2ccccc2)c2ccccc2)cc1. The summed E-state index contributed by atoms with van der Waals surface area (Å²) in [7, 11) is 0. The van der Waals surface area contributed by atoms with Gasteiger partial charge in [0.1, 0.15) is 12.2 Å². The number of benzene rings is 8. The minimum atomic E-state index is -1.28. The zero-order chi connectivity index (χ0) is 38.2. The fourth-order valence-electron chi connectivity index (χ4n) is 9.42. The Labute approximate surface area is 334 Å². The maximum atomic E-state index is 8.79. The number of hydrogen-bond donors (Lipinski definition) is 0. The molecular formula is C54H42O3. The Hall–Kier alpha value is -6.36. The minimum absolute atomic E-state index is 0.358. The van der Waals surface area contributed by atoms with Crippen molar-refractivity contribution < 1.29 is 14.2 Å². The molecule has 0 N–H and O–H groups in total. The summed E-state index contributed by atoms with van der Waals surface area (Å²) < 4.78 is 23.7. The van der Waals surface area contributed by atoms with Crippen LogP contribution in [0.4, 0.5) is 0 Å². The van der Waals surface area contributed by atoms with Crippen molar-refractivity contribution in [1.82, 2.24) is 0 Å². The largest absolute Gasteiger partial charge is 0.352 e. The van der Waals surface area contributed by atoms with Crippen molar-refractivity contribution in [3.05, 3.63) is 287 Å². The van der Waals surface area contributed by atoms with Crippen molar-refractivity contribution >= 4 is 0 Å². The summed E-state index contributed by atoms with van der Waals surface area (Å²) >= 11 is 0. The van der Waals surface area contributed by atoms with E-state index in [1.54, 1.807) is 0 Å². The maximum absolute atomic E-state index is 8.79. The summed E-state index contributed by atoms with van der Waals surface area (Å²) in [6.45, 7) is 0. The normalized spacial score (nSPS) is 21.4. The van der Waals surface area contributed by atoms with Crippen molar-refractivity contribution in [2.24, 2.45) is 0 Å². The van der Waals surface area contributed by atoms with E-state index in [1.165, 1.54) is 0 Å².